The molecule has 1 aliphatic heterocycles. The second kappa shape index (κ2) is 7.37. The van der Waals surface area contributed by atoms with Gasteiger partial charge in [0, 0.05) is 12.6 Å². The smallest absolute Gasteiger partial charge is 0.124 e. The van der Waals surface area contributed by atoms with Crippen LogP contribution in [0, 0.1) is 17.1 Å². The normalized spacial score (nSPS) is 19.8. The first-order valence-corrected chi connectivity index (χ1v) is 7.31. The standard InChI is InChI=1S/C16H22FN3/c1-19-6-5-16-4-2-3-7-20(16)12-14-8-13(11-18)9-15(17)10-14/h8-10,16,19H,2-7,12H2,1H3. The van der Waals surface area contributed by atoms with E-state index >= 15 is 0 Å². The van der Waals surface area contributed by atoms with Crippen molar-refractivity contribution in [1.82, 2.24) is 10.2 Å². The first-order chi connectivity index (χ1) is 9.72. The fourth-order valence-electron chi connectivity index (χ4n) is 2.95. The van der Waals surface area contributed by atoms with E-state index in [1.54, 1.807) is 12.1 Å². The van der Waals surface area contributed by atoms with E-state index in [2.05, 4.69) is 10.2 Å². The second-order valence-corrected chi connectivity index (χ2v) is 5.47. The van der Waals surface area contributed by atoms with Gasteiger partial charge in [0.05, 0.1) is 11.6 Å². The molecule has 2 rings (SSSR count). The van der Waals surface area contributed by atoms with Crippen LogP contribution in [0.4, 0.5) is 4.39 Å². The van der Waals surface area contributed by atoms with Crippen molar-refractivity contribution in [2.45, 2.75) is 38.3 Å². The van der Waals surface area contributed by atoms with E-state index in [9.17, 15) is 4.39 Å². The second-order valence-electron chi connectivity index (χ2n) is 5.47. The Hall–Kier alpha value is -1.44. The number of likely N-dealkylation sites (tertiary alicyclic amines) is 1. The van der Waals surface area contributed by atoms with Crippen molar-refractivity contribution in [3.05, 3.63) is 35.1 Å². The molecule has 0 radical (unpaired) electrons. The number of nitriles is 1. The predicted octanol–water partition coefficient (Wildman–Crippen LogP) is 2.66. The van der Waals surface area contributed by atoms with E-state index in [1.807, 2.05) is 13.1 Å². The fourth-order valence-corrected chi connectivity index (χ4v) is 2.95. The van der Waals surface area contributed by atoms with Gasteiger partial charge in [-0.15, -0.1) is 0 Å². The maximum Gasteiger partial charge on any atom is 0.124 e. The highest BCUT2D eigenvalue weighted by Gasteiger charge is 2.22. The minimum atomic E-state index is -0.317. The summed E-state index contributed by atoms with van der Waals surface area (Å²) in [5.41, 5.74) is 1.31. The van der Waals surface area contributed by atoms with E-state index in [0.717, 1.165) is 31.6 Å². The van der Waals surface area contributed by atoms with Crippen LogP contribution in [0.1, 0.15) is 36.8 Å². The Labute approximate surface area is 120 Å². The molecule has 1 unspecified atom stereocenters. The first-order valence-electron chi connectivity index (χ1n) is 7.31. The molecule has 1 aromatic rings. The molecule has 20 heavy (non-hydrogen) atoms. The molecular weight excluding hydrogens is 253 g/mol. The Morgan fingerprint density at radius 2 is 2.25 bits per heavy atom. The first kappa shape index (κ1) is 15.0. The molecule has 108 valence electrons. The Kier molecular flexibility index (Phi) is 5.51. The summed E-state index contributed by atoms with van der Waals surface area (Å²) in [5, 5.41) is 12.1. The molecule has 0 saturated carbocycles. The van der Waals surface area contributed by atoms with E-state index in [-0.39, 0.29) is 5.82 Å². The van der Waals surface area contributed by atoms with Crippen LogP contribution in [0.3, 0.4) is 0 Å². The van der Waals surface area contributed by atoms with Crippen molar-refractivity contribution in [2.24, 2.45) is 0 Å². The van der Waals surface area contributed by atoms with Gasteiger partial charge in [-0.25, -0.2) is 4.39 Å². The molecule has 0 bridgehead atoms. The number of nitrogens with one attached hydrogen (secondary N) is 1. The molecule has 4 heteroatoms. The highest BCUT2D eigenvalue weighted by molar-refractivity contribution is 5.33. The molecule has 1 atom stereocenters. The lowest BCUT2D eigenvalue weighted by molar-refractivity contribution is 0.132. The molecule has 1 fully saturated rings. The van der Waals surface area contributed by atoms with Crippen molar-refractivity contribution in [1.29, 1.82) is 5.26 Å². The molecule has 3 nitrogen and oxygen atoms in total. The van der Waals surface area contributed by atoms with Gasteiger partial charge in [-0.05, 0) is 63.2 Å². The summed E-state index contributed by atoms with van der Waals surface area (Å²) in [5.74, 6) is -0.317. The average Bonchev–Trinajstić information content (AvgIpc) is 2.45. The number of rotatable bonds is 5. The summed E-state index contributed by atoms with van der Waals surface area (Å²) < 4.78 is 13.5. The summed E-state index contributed by atoms with van der Waals surface area (Å²) in [6, 6.07) is 7.22. The molecule has 1 heterocycles. The van der Waals surface area contributed by atoms with Gasteiger partial charge < -0.3 is 5.32 Å². The summed E-state index contributed by atoms with van der Waals surface area (Å²) in [6.07, 6.45) is 4.81. The van der Waals surface area contributed by atoms with Crippen LogP contribution in [0.2, 0.25) is 0 Å². The Bertz CT molecular complexity index is 481. The van der Waals surface area contributed by atoms with E-state index in [0.29, 0.717) is 11.6 Å². The van der Waals surface area contributed by atoms with E-state index in [1.165, 1.54) is 25.3 Å². The summed E-state index contributed by atoms with van der Waals surface area (Å²) in [4.78, 5) is 2.43. The minimum Gasteiger partial charge on any atom is -0.320 e. The van der Waals surface area contributed by atoms with Crippen LogP contribution < -0.4 is 5.32 Å². The molecular formula is C16H22FN3. The Balaban J connectivity index is 2.06. The van der Waals surface area contributed by atoms with Crippen LogP contribution in [0.5, 0.6) is 0 Å². The van der Waals surface area contributed by atoms with Crippen molar-refractivity contribution in [2.75, 3.05) is 20.1 Å². The fraction of sp³-hybridized carbons (Fsp3) is 0.562. The number of piperidine rings is 1. The molecule has 0 amide bonds. The maximum atomic E-state index is 13.5. The number of halogens is 1. The third-order valence-corrected chi connectivity index (χ3v) is 3.95. The van der Waals surface area contributed by atoms with Crippen LogP contribution >= 0.6 is 0 Å². The predicted molar refractivity (Wildman–Crippen MR) is 77.7 cm³/mol. The van der Waals surface area contributed by atoms with Gasteiger partial charge in [0.2, 0.25) is 0 Å². The van der Waals surface area contributed by atoms with Gasteiger partial charge in [0.15, 0.2) is 0 Å². The highest BCUT2D eigenvalue weighted by atomic mass is 19.1. The quantitative estimate of drug-likeness (QED) is 0.898. The van der Waals surface area contributed by atoms with E-state index in [4.69, 9.17) is 5.26 Å². The molecule has 1 aromatic carbocycles. The monoisotopic (exact) mass is 275 g/mol. The van der Waals surface area contributed by atoms with Crippen LogP contribution in [0.15, 0.2) is 18.2 Å². The van der Waals surface area contributed by atoms with Crippen molar-refractivity contribution in [3.8, 4) is 6.07 Å². The number of hydrogen-bond acceptors (Lipinski definition) is 3. The number of hydrogen-bond donors (Lipinski definition) is 1. The molecule has 0 aromatic heterocycles. The van der Waals surface area contributed by atoms with Crippen molar-refractivity contribution in [3.63, 3.8) is 0 Å². The van der Waals surface area contributed by atoms with Crippen LogP contribution in [-0.2, 0) is 6.54 Å². The van der Waals surface area contributed by atoms with Crippen LogP contribution in [0.25, 0.3) is 0 Å². The topological polar surface area (TPSA) is 39.1 Å². The number of benzene rings is 1. The maximum absolute atomic E-state index is 13.5. The number of nitrogens with zero attached hydrogens (tertiary/aromatic N) is 2. The third-order valence-electron chi connectivity index (χ3n) is 3.95. The Morgan fingerprint density at radius 3 is 3.00 bits per heavy atom. The molecule has 1 N–H and O–H groups in total. The molecule has 1 saturated heterocycles. The molecule has 1 aliphatic rings. The summed E-state index contributed by atoms with van der Waals surface area (Å²) in [7, 11) is 1.97. The third kappa shape index (κ3) is 4.03. The Morgan fingerprint density at radius 1 is 1.40 bits per heavy atom. The summed E-state index contributed by atoms with van der Waals surface area (Å²) in [6.45, 7) is 2.81. The van der Waals surface area contributed by atoms with Crippen LogP contribution in [-0.4, -0.2) is 31.1 Å². The van der Waals surface area contributed by atoms with Gasteiger partial charge >= 0.3 is 0 Å². The molecule has 0 spiro atoms. The molecule has 0 aliphatic carbocycles. The van der Waals surface area contributed by atoms with Crippen molar-refractivity contribution >= 4 is 0 Å². The van der Waals surface area contributed by atoms with Gasteiger partial charge in [-0.3, -0.25) is 4.90 Å². The van der Waals surface area contributed by atoms with Gasteiger partial charge in [-0.2, -0.15) is 5.26 Å². The minimum absolute atomic E-state index is 0.317. The van der Waals surface area contributed by atoms with E-state index < -0.39 is 0 Å². The highest BCUT2D eigenvalue weighted by Crippen LogP contribution is 2.22. The van der Waals surface area contributed by atoms with Crippen molar-refractivity contribution < 1.29 is 4.39 Å². The zero-order valence-electron chi connectivity index (χ0n) is 12.0. The van der Waals surface area contributed by atoms with Gasteiger partial charge in [0.1, 0.15) is 5.82 Å². The lowest BCUT2D eigenvalue weighted by Gasteiger charge is -2.36. The largest absolute Gasteiger partial charge is 0.320 e. The average molecular weight is 275 g/mol. The lowest BCUT2D eigenvalue weighted by atomic mass is 9.98. The summed E-state index contributed by atoms with van der Waals surface area (Å²) >= 11 is 0. The van der Waals surface area contributed by atoms with Gasteiger partial charge in [-0.1, -0.05) is 6.42 Å². The zero-order valence-corrected chi connectivity index (χ0v) is 12.0. The lowest BCUT2D eigenvalue weighted by Crippen LogP contribution is -2.40. The zero-order chi connectivity index (χ0) is 14.4. The van der Waals surface area contributed by atoms with Gasteiger partial charge in [0.25, 0.3) is 0 Å². The SMILES string of the molecule is CNCCC1CCCCN1Cc1cc(F)cc(C#N)c1.